The van der Waals surface area contributed by atoms with E-state index in [-0.39, 0.29) is 5.91 Å². The van der Waals surface area contributed by atoms with E-state index in [1.807, 2.05) is 24.3 Å². The van der Waals surface area contributed by atoms with E-state index < -0.39 is 5.82 Å². The molecule has 0 radical (unpaired) electrons. The number of hydrogen-bond donors (Lipinski definition) is 2. The third-order valence-corrected chi connectivity index (χ3v) is 5.00. The van der Waals surface area contributed by atoms with Crippen LogP contribution in [0.15, 0.2) is 36.4 Å². The van der Waals surface area contributed by atoms with Gasteiger partial charge in [-0.2, -0.15) is 0 Å². The van der Waals surface area contributed by atoms with Crippen LogP contribution >= 0.6 is 23.8 Å². The summed E-state index contributed by atoms with van der Waals surface area (Å²) in [5.74, 6) is -0.672. The maximum atomic E-state index is 13.9. The van der Waals surface area contributed by atoms with Crippen molar-refractivity contribution in [2.75, 3.05) is 31.1 Å². The molecule has 1 amide bonds. The van der Waals surface area contributed by atoms with Crippen molar-refractivity contribution in [3.8, 4) is 0 Å². The third kappa shape index (κ3) is 3.20. The van der Waals surface area contributed by atoms with Gasteiger partial charge in [0.15, 0.2) is 4.77 Å². The minimum absolute atomic E-state index is 0.203. The van der Waals surface area contributed by atoms with Crippen molar-refractivity contribution in [2.24, 2.45) is 0 Å². The molecule has 2 N–H and O–H groups in total. The first-order chi connectivity index (χ1) is 12.5. The quantitative estimate of drug-likeness (QED) is 0.651. The molecule has 1 aliphatic heterocycles. The van der Waals surface area contributed by atoms with Crippen LogP contribution in [0.4, 0.5) is 10.1 Å². The molecule has 1 aromatic heterocycles. The van der Waals surface area contributed by atoms with Gasteiger partial charge in [-0.1, -0.05) is 17.7 Å². The molecule has 3 aromatic rings. The van der Waals surface area contributed by atoms with E-state index in [0.717, 1.165) is 5.69 Å². The summed E-state index contributed by atoms with van der Waals surface area (Å²) in [7, 11) is 0. The molecule has 1 saturated heterocycles. The Hall–Kier alpha value is -2.38. The van der Waals surface area contributed by atoms with Crippen LogP contribution in [0.3, 0.4) is 0 Å². The van der Waals surface area contributed by atoms with Gasteiger partial charge in [0, 0.05) is 36.9 Å². The van der Waals surface area contributed by atoms with Gasteiger partial charge >= 0.3 is 0 Å². The summed E-state index contributed by atoms with van der Waals surface area (Å²) in [6, 6.07) is 10.2. The Morgan fingerprint density at radius 3 is 2.62 bits per heavy atom. The average molecular weight is 391 g/mol. The number of amides is 1. The second-order valence-electron chi connectivity index (χ2n) is 6.21. The lowest BCUT2D eigenvalue weighted by Gasteiger charge is -2.36. The monoisotopic (exact) mass is 390 g/mol. The van der Waals surface area contributed by atoms with E-state index >= 15 is 0 Å². The molecule has 0 unspecified atom stereocenters. The summed E-state index contributed by atoms with van der Waals surface area (Å²) in [5.41, 5.74) is 2.37. The molecule has 26 heavy (non-hydrogen) atoms. The predicted octanol–water partition coefficient (Wildman–Crippen LogP) is 3.98. The third-order valence-electron chi connectivity index (χ3n) is 4.56. The summed E-state index contributed by atoms with van der Waals surface area (Å²) >= 11 is 11.1. The molecule has 134 valence electrons. The summed E-state index contributed by atoms with van der Waals surface area (Å²) in [6.07, 6.45) is 0. The number of aromatic nitrogens is 2. The van der Waals surface area contributed by atoms with Crippen molar-refractivity contribution < 1.29 is 9.18 Å². The number of anilines is 1. The van der Waals surface area contributed by atoms with Gasteiger partial charge in [-0.15, -0.1) is 0 Å². The minimum atomic E-state index is -0.469. The van der Waals surface area contributed by atoms with Gasteiger partial charge in [0.05, 0.1) is 16.6 Å². The van der Waals surface area contributed by atoms with Crippen LogP contribution < -0.4 is 4.90 Å². The molecule has 8 heteroatoms. The van der Waals surface area contributed by atoms with Crippen LogP contribution in [0, 0.1) is 10.6 Å². The Balaban J connectivity index is 1.55. The number of fused-ring (bicyclic) bond motifs is 1. The summed E-state index contributed by atoms with van der Waals surface area (Å²) in [4.78, 5) is 22.6. The molecule has 0 bridgehead atoms. The smallest absolute Gasteiger partial charge is 0.256 e. The SMILES string of the molecule is O=C(c1cc(F)cc2[nH]c(=S)[nH]c12)N1CCN(c2cccc(Cl)c2)CC1. The van der Waals surface area contributed by atoms with Gasteiger partial charge in [0.25, 0.3) is 5.91 Å². The maximum Gasteiger partial charge on any atom is 0.256 e. The van der Waals surface area contributed by atoms with Gasteiger partial charge in [-0.25, -0.2) is 4.39 Å². The van der Waals surface area contributed by atoms with Crippen LogP contribution in [0.2, 0.25) is 5.02 Å². The first kappa shape index (κ1) is 17.1. The number of nitrogens with zero attached hydrogens (tertiary/aromatic N) is 2. The molecule has 0 atom stereocenters. The molecule has 1 aliphatic rings. The van der Waals surface area contributed by atoms with Crippen LogP contribution in [0.5, 0.6) is 0 Å². The van der Waals surface area contributed by atoms with Crippen LogP contribution in [0.1, 0.15) is 10.4 Å². The van der Waals surface area contributed by atoms with Crippen LogP contribution in [0.25, 0.3) is 11.0 Å². The molecule has 4 rings (SSSR count). The fourth-order valence-electron chi connectivity index (χ4n) is 3.29. The minimum Gasteiger partial charge on any atom is -0.368 e. The van der Waals surface area contributed by atoms with Crippen molar-refractivity contribution in [3.05, 3.63) is 57.6 Å². The number of halogens is 2. The summed E-state index contributed by atoms with van der Waals surface area (Å²) in [6.45, 7) is 2.48. The molecule has 0 spiro atoms. The molecular weight excluding hydrogens is 375 g/mol. The highest BCUT2D eigenvalue weighted by molar-refractivity contribution is 7.71. The van der Waals surface area contributed by atoms with E-state index in [4.69, 9.17) is 23.8 Å². The highest BCUT2D eigenvalue weighted by Crippen LogP contribution is 2.23. The van der Waals surface area contributed by atoms with E-state index in [1.165, 1.54) is 12.1 Å². The molecule has 1 fully saturated rings. The van der Waals surface area contributed by atoms with Crippen molar-refractivity contribution in [1.82, 2.24) is 14.9 Å². The number of nitrogens with one attached hydrogen (secondary N) is 2. The van der Waals surface area contributed by atoms with E-state index in [1.54, 1.807) is 4.90 Å². The van der Waals surface area contributed by atoms with Crippen molar-refractivity contribution in [1.29, 1.82) is 0 Å². The molecular formula is C18H16ClFN4OS. The Morgan fingerprint density at radius 2 is 1.88 bits per heavy atom. The van der Waals surface area contributed by atoms with Crippen molar-refractivity contribution >= 4 is 46.4 Å². The fourth-order valence-corrected chi connectivity index (χ4v) is 3.68. The van der Waals surface area contributed by atoms with Gasteiger partial charge in [-0.05, 0) is 42.5 Å². The molecule has 2 aromatic carbocycles. The fraction of sp³-hybridized carbons (Fsp3) is 0.222. The van der Waals surface area contributed by atoms with Gasteiger partial charge < -0.3 is 19.8 Å². The van der Waals surface area contributed by atoms with Crippen molar-refractivity contribution in [3.63, 3.8) is 0 Å². The lowest BCUT2D eigenvalue weighted by molar-refractivity contribution is 0.0748. The lowest BCUT2D eigenvalue weighted by atomic mass is 10.1. The van der Waals surface area contributed by atoms with Crippen LogP contribution in [-0.2, 0) is 0 Å². The molecule has 2 heterocycles. The zero-order valence-electron chi connectivity index (χ0n) is 13.8. The van der Waals surface area contributed by atoms with E-state index in [2.05, 4.69) is 14.9 Å². The maximum absolute atomic E-state index is 13.9. The number of aromatic amines is 2. The molecule has 5 nitrogen and oxygen atoms in total. The number of rotatable bonds is 2. The largest absolute Gasteiger partial charge is 0.368 e. The first-order valence-electron chi connectivity index (χ1n) is 8.22. The van der Waals surface area contributed by atoms with Crippen molar-refractivity contribution in [2.45, 2.75) is 0 Å². The number of carbonyl (C=O) groups is 1. The summed E-state index contributed by atoms with van der Waals surface area (Å²) in [5, 5.41) is 0.686. The molecule has 0 aliphatic carbocycles. The Labute approximate surface area is 159 Å². The second-order valence-corrected chi connectivity index (χ2v) is 7.06. The van der Waals surface area contributed by atoms with E-state index in [9.17, 15) is 9.18 Å². The Bertz CT molecular complexity index is 1040. The first-order valence-corrected chi connectivity index (χ1v) is 9.01. The standard InChI is InChI=1S/C18H16ClFN4OS/c19-11-2-1-3-13(8-11)23-4-6-24(7-5-23)17(25)14-9-12(20)10-15-16(14)22-18(26)21-15/h1-3,8-10H,4-7H2,(H2,21,22,26). The number of H-pyrrole nitrogens is 2. The number of hydrogen-bond acceptors (Lipinski definition) is 3. The molecule has 0 saturated carbocycles. The predicted molar refractivity (Wildman–Crippen MR) is 103 cm³/mol. The zero-order valence-corrected chi connectivity index (χ0v) is 15.3. The van der Waals surface area contributed by atoms with E-state index in [0.29, 0.717) is 52.6 Å². The average Bonchev–Trinajstić information content (AvgIpc) is 3.00. The van der Waals surface area contributed by atoms with Gasteiger partial charge in [-0.3, -0.25) is 4.79 Å². The Morgan fingerprint density at radius 1 is 1.12 bits per heavy atom. The number of carbonyl (C=O) groups excluding carboxylic acids is 1. The Kier molecular flexibility index (Phi) is 4.42. The summed E-state index contributed by atoms with van der Waals surface area (Å²) < 4.78 is 14.3. The highest BCUT2D eigenvalue weighted by Gasteiger charge is 2.24. The number of benzene rings is 2. The van der Waals surface area contributed by atoms with Crippen LogP contribution in [-0.4, -0.2) is 47.0 Å². The topological polar surface area (TPSA) is 55.1 Å². The normalized spacial score (nSPS) is 14.8. The zero-order chi connectivity index (χ0) is 18.3. The van der Waals surface area contributed by atoms with Gasteiger partial charge in [0.1, 0.15) is 5.82 Å². The second kappa shape index (κ2) is 6.74. The lowest BCUT2D eigenvalue weighted by Crippen LogP contribution is -2.48. The number of imidazole rings is 1. The number of piperazine rings is 1. The highest BCUT2D eigenvalue weighted by atomic mass is 35.5. The van der Waals surface area contributed by atoms with Gasteiger partial charge in [0.2, 0.25) is 0 Å².